The number of fused-ring (bicyclic) bond motifs is 6. The molecule has 0 bridgehead atoms. The van der Waals surface area contributed by atoms with Crippen LogP contribution in [0.5, 0.6) is 0 Å². The first kappa shape index (κ1) is 42.3. The van der Waals surface area contributed by atoms with Crippen LogP contribution in [-0.4, -0.2) is 0 Å². The Morgan fingerprint density at radius 3 is 1.37 bits per heavy atom. The summed E-state index contributed by atoms with van der Waals surface area (Å²) in [4.78, 5) is 2.49. The molecule has 2 aliphatic rings. The van der Waals surface area contributed by atoms with Gasteiger partial charge in [0.05, 0.1) is 16.8 Å². The van der Waals surface area contributed by atoms with Crippen LogP contribution in [0.3, 0.4) is 0 Å². The zero-order valence-electron chi connectivity index (χ0n) is 39.9. The Morgan fingerprint density at radius 1 is 0.268 bits per heavy atom. The summed E-state index contributed by atoms with van der Waals surface area (Å²) in [6.45, 7) is 4.73. The molecule has 13 rings (SSSR count). The Bertz CT molecular complexity index is 3730. The van der Waals surface area contributed by atoms with Gasteiger partial charge in [0.15, 0.2) is 0 Å². The van der Waals surface area contributed by atoms with E-state index in [1.54, 1.807) is 0 Å². The zero-order chi connectivity index (χ0) is 47.5. The number of hydrogen-bond acceptors (Lipinski definition) is 1. The third-order valence-corrected chi connectivity index (χ3v) is 15.4. The largest absolute Gasteiger partial charge is 0.309 e. The maximum absolute atomic E-state index is 2.49. The van der Waals surface area contributed by atoms with Gasteiger partial charge in [0.25, 0.3) is 0 Å². The van der Waals surface area contributed by atoms with Crippen LogP contribution in [0.2, 0.25) is 0 Å². The Kier molecular flexibility index (Phi) is 10.1. The van der Waals surface area contributed by atoms with Crippen LogP contribution < -0.4 is 4.90 Å². The molecule has 0 amide bonds. The first-order valence-electron chi connectivity index (χ1n) is 24.8. The Labute approximate surface area is 417 Å². The van der Waals surface area contributed by atoms with Crippen LogP contribution in [0, 0.1) is 0 Å². The van der Waals surface area contributed by atoms with E-state index in [-0.39, 0.29) is 5.41 Å². The smallest absolute Gasteiger partial charge is 0.0713 e. The van der Waals surface area contributed by atoms with Crippen LogP contribution >= 0.6 is 0 Å². The maximum Gasteiger partial charge on any atom is 0.0713 e. The molecule has 0 heterocycles. The highest BCUT2D eigenvalue weighted by Crippen LogP contribution is 2.58. The molecule has 0 saturated heterocycles. The van der Waals surface area contributed by atoms with Gasteiger partial charge in [-0.25, -0.2) is 0 Å². The SMILES string of the molecule is CC1(C)c2ccccc2-c2c(-c3ccccc3N(c3ccc(-c4ccc5c(c4)-c4ccccc4C5(c4ccccc4)c4ccccc4)cc3)c3ccccc3-c3ccccc3-c3ccccc3)cccc21. The lowest BCUT2D eigenvalue weighted by Gasteiger charge is -2.33. The summed E-state index contributed by atoms with van der Waals surface area (Å²) in [6.07, 6.45) is 0. The summed E-state index contributed by atoms with van der Waals surface area (Å²) in [5, 5.41) is 0. The van der Waals surface area contributed by atoms with Gasteiger partial charge in [-0.1, -0.05) is 257 Å². The number of hydrogen-bond donors (Lipinski definition) is 0. The van der Waals surface area contributed by atoms with E-state index in [9.17, 15) is 0 Å². The number of para-hydroxylation sites is 2. The van der Waals surface area contributed by atoms with E-state index in [0.29, 0.717) is 0 Å². The quantitative estimate of drug-likeness (QED) is 0.139. The fourth-order valence-corrected chi connectivity index (χ4v) is 12.2. The predicted octanol–water partition coefficient (Wildman–Crippen LogP) is 18.5. The fourth-order valence-electron chi connectivity index (χ4n) is 12.2. The summed E-state index contributed by atoms with van der Waals surface area (Å²) in [7, 11) is 0. The van der Waals surface area contributed by atoms with Crippen LogP contribution in [0.15, 0.2) is 273 Å². The predicted molar refractivity (Wildman–Crippen MR) is 298 cm³/mol. The van der Waals surface area contributed by atoms with Crippen molar-refractivity contribution in [1.82, 2.24) is 0 Å². The molecular formula is C70H51N. The zero-order valence-corrected chi connectivity index (χ0v) is 39.9. The van der Waals surface area contributed by atoms with Crippen molar-refractivity contribution in [2.24, 2.45) is 0 Å². The molecule has 0 saturated carbocycles. The summed E-state index contributed by atoms with van der Waals surface area (Å²) < 4.78 is 0. The van der Waals surface area contributed by atoms with Crippen molar-refractivity contribution in [3.8, 4) is 66.8 Å². The lowest BCUT2D eigenvalue weighted by molar-refractivity contribution is 0.660. The van der Waals surface area contributed by atoms with Gasteiger partial charge >= 0.3 is 0 Å². The molecule has 1 heteroatoms. The minimum Gasteiger partial charge on any atom is -0.309 e. The summed E-state index contributed by atoms with van der Waals surface area (Å²) in [6, 6.07) is 101. The highest BCUT2D eigenvalue weighted by Gasteiger charge is 2.46. The second kappa shape index (κ2) is 17.0. The van der Waals surface area contributed by atoms with Gasteiger partial charge in [-0.2, -0.15) is 0 Å². The summed E-state index contributed by atoms with van der Waals surface area (Å²) >= 11 is 0. The molecular weight excluding hydrogens is 855 g/mol. The van der Waals surface area contributed by atoms with Crippen LogP contribution in [0.1, 0.15) is 47.2 Å². The number of nitrogens with zero attached hydrogens (tertiary/aromatic N) is 1. The normalized spacial score (nSPS) is 13.4. The van der Waals surface area contributed by atoms with Crippen molar-refractivity contribution in [2.45, 2.75) is 24.7 Å². The van der Waals surface area contributed by atoms with Crippen LogP contribution in [0.4, 0.5) is 17.1 Å². The molecule has 0 aromatic heterocycles. The highest BCUT2D eigenvalue weighted by atomic mass is 15.1. The molecule has 336 valence electrons. The van der Waals surface area contributed by atoms with Crippen molar-refractivity contribution < 1.29 is 0 Å². The molecule has 0 spiro atoms. The molecule has 0 fully saturated rings. The second-order valence-corrected chi connectivity index (χ2v) is 19.5. The van der Waals surface area contributed by atoms with E-state index in [0.717, 1.165) is 22.6 Å². The molecule has 0 aliphatic heterocycles. The van der Waals surface area contributed by atoms with E-state index >= 15 is 0 Å². The van der Waals surface area contributed by atoms with Crippen LogP contribution in [0.25, 0.3) is 66.8 Å². The number of rotatable bonds is 9. The van der Waals surface area contributed by atoms with Crippen molar-refractivity contribution in [3.05, 3.63) is 306 Å². The molecule has 11 aromatic carbocycles. The fraction of sp³-hybridized carbons (Fsp3) is 0.0571. The molecule has 71 heavy (non-hydrogen) atoms. The first-order valence-corrected chi connectivity index (χ1v) is 24.8. The van der Waals surface area contributed by atoms with Crippen molar-refractivity contribution in [1.29, 1.82) is 0 Å². The van der Waals surface area contributed by atoms with Crippen LogP contribution in [-0.2, 0) is 10.8 Å². The third kappa shape index (κ3) is 6.68. The lowest BCUT2D eigenvalue weighted by Crippen LogP contribution is -2.28. The van der Waals surface area contributed by atoms with E-state index in [1.807, 2.05) is 0 Å². The average Bonchev–Trinajstić information content (AvgIpc) is 3.87. The van der Waals surface area contributed by atoms with E-state index in [1.165, 1.54) is 94.6 Å². The van der Waals surface area contributed by atoms with E-state index in [2.05, 4.69) is 292 Å². The standard InChI is InChI=1S/C70H51N/c1-69(2)62-36-18-15-34-60(62)68-59(35-22-38-65(68)69)58-33-17-21-40-67(58)71(66-39-20-16-32-57(66)55-30-13-12-29-54(55)49-23-6-3-7-24-49)53-44-41-48(42-45-53)50-43-46-64-61(47-50)56-31-14-19-37-63(56)70(64,51-25-8-4-9-26-51)52-27-10-5-11-28-52/h3-47H,1-2H3. The molecule has 0 N–H and O–H groups in total. The van der Waals surface area contributed by atoms with E-state index in [4.69, 9.17) is 0 Å². The Hall–Kier alpha value is -8.78. The molecule has 11 aromatic rings. The van der Waals surface area contributed by atoms with Crippen molar-refractivity contribution >= 4 is 17.1 Å². The summed E-state index contributed by atoms with van der Waals surface area (Å²) in [5.74, 6) is 0. The van der Waals surface area contributed by atoms with Gasteiger partial charge in [-0.05, 0) is 119 Å². The molecule has 2 aliphatic carbocycles. The number of benzene rings is 11. The molecule has 0 atom stereocenters. The average molecular weight is 906 g/mol. The summed E-state index contributed by atoms with van der Waals surface area (Å²) in [5.41, 5.74) is 25.4. The molecule has 0 unspecified atom stereocenters. The van der Waals surface area contributed by atoms with Gasteiger partial charge in [0, 0.05) is 22.2 Å². The van der Waals surface area contributed by atoms with Gasteiger partial charge < -0.3 is 4.90 Å². The Balaban J connectivity index is 0.990. The van der Waals surface area contributed by atoms with Gasteiger partial charge in [-0.15, -0.1) is 0 Å². The first-order chi connectivity index (χ1) is 35.0. The Morgan fingerprint density at radius 2 is 0.718 bits per heavy atom. The topological polar surface area (TPSA) is 3.24 Å². The second-order valence-electron chi connectivity index (χ2n) is 19.5. The highest BCUT2D eigenvalue weighted by molar-refractivity contribution is 6.01. The van der Waals surface area contributed by atoms with Gasteiger partial charge in [-0.3, -0.25) is 0 Å². The monoisotopic (exact) mass is 905 g/mol. The van der Waals surface area contributed by atoms with E-state index < -0.39 is 5.41 Å². The third-order valence-electron chi connectivity index (χ3n) is 15.4. The molecule has 0 radical (unpaired) electrons. The van der Waals surface area contributed by atoms with Gasteiger partial charge in [0.1, 0.15) is 0 Å². The lowest BCUT2D eigenvalue weighted by atomic mass is 9.67. The number of anilines is 3. The van der Waals surface area contributed by atoms with Crippen molar-refractivity contribution in [2.75, 3.05) is 4.90 Å². The maximum atomic E-state index is 2.49. The van der Waals surface area contributed by atoms with Gasteiger partial charge in [0.2, 0.25) is 0 Å². The minimum atomic E-state index is -0.437. The molecule has 1 nitrogen and oxygen atoms in total. The minimum absolute atomic E-state index is 0.121. The van der Waals surface area contributed by atoms with Crippen molar-refractivity contribution in [3.63, 3.8) is 0 Å².